The van der Waals surface area contributed by atoms with Crippen LogP contribution in [0.25, 0.3) is 0 Å². The summed E-state index contributed by atoms with van der Waals surface area (Å²) in [6.45, 7) is 3.84. The molecule has 6 nitrogen and oxygen atoms in total. The summed E-state index contributed by atoms with van der Waals surface area (Å²) in [4.78, 5) is 24.7. The summed E-state index contributed by atoms with van der Waals surface area (Å²) >= 11 is 0. The van der Waals surface area contributed by atoms with E-state index in [0.29, 0.717) is 12.0 Å². The van der Waals surface area contributed by atoms with Crippen molar-refractivity contribution in [3.8, 4) is 0 Å². The van der Waals surface area contributed by atoms with Crippen molar-refractivity contribution < 1.29 is 24.5 Å². The first-order chi connectivity index (χ1) is 16.3. The highest BCUT2D eigenvalue weighted by atomic mass is 16.5. The van der Waals surface area contributed by atoms with E-state index in [2.05, 4.69) is 0 Å². The van der Waals surface area contributed by atoms with Crippen molar-refractivity contribution in [3.05, 3.63) is 108 Å². The van der Waals surface area contributed by atoms with Crippen LogP contribution in [0.5, 0.6) is 0 Å². The average Bonchev–Trinajstić information content (AvgIpc) is 2.91. The van der Waals surface area contributed by atoms with Crippen LogP contribution in [0.4, 0.5) is 0 Å². The van der Waals surface area contributed by atoms with Crippen molar-refractivity contribution in [1.82, 2.24) is 4.90 Å². The van der Waals surface area contributed by atoms with Gasteiger partial charge in [0, 0.05) is 13.5 Å². The second kappa shape index (κ2) is 13.9. The summed E-state index contributed by atoms with van der Waals surface area (Å²) in [6.07, 6.45) is -1.40. The van der Waals surface area contributed by atoms with E-state index in [1.807, 2.05) is 80.6 Å². The fourth-order valence-electron chi connectivity index (χ4n) is 3.20. The first-order valence-corrected chi connectivity index (χ1v) is 11.3. The highest BCUT2D eigenvalue weighted by Gasteiger charge is 2.22. The lowest BCUT2D eigenvalue weighted by Crippen LogP contribution is -2.38. The van der Waals surface area contributed by atoms with Gasteiger partial charge in [0.15, 0.2) is 6.10 Å². The van der Waals surface area contributed by atoms with Gasteiger partial charge in [-0.2, -0.15) is 0 Å². The lowest BCUT2D eigenvalue weighted by atomic mass is 10.0. The molecule has 2 N–H and O–H groups in total. The Morgan fingerprint density at radius 1 is 0.824 bits per heavy atom. The Kier molecular flexibility index (Phi) is 11.0. The van der Waals surface area contributed by atoms with Crippen LogP contribution in [-0.4, -0.2) is 40.1 Å². The number of nitrogens with zero attached hydrogens (tertiary/aromatic N) is 1. The Hall–Kier alpha value is -3.48. The van der Waals surface area contributed by atoms with E-state index >= 15 is 0 Å². The smallest absolute Gasteiger partial charge is 0.339 e. The van der Waals surface area contributed by atoms with Crippen LogP contribution >= 0.6 is 0 Å². The second-order valence-corrected chi connectivity index (χ2v) is 7.86. The number of aliphatic hydroxyl groups is 2. The van der Waals surface area contributed by atoms with Crippen molar-refractivity contribution in [2.45, 2.75) is 45.1 Å². The molecule has 0 fully saturated rings. The molecule has 0 saturated carbocycles. The fourth-order valence-corrected chi connectivity index (χ4v) is 3.20. The quantitative estimate of drug-likeness (QED) is 0.482. The van der Waals surface area contributed by atoms with Gasteiger partial charge < -0.3 is 19.8 Å². The molecule has 3 unspecified atom stereocenters. The minimum atomic E-state index is -1.23. The lowest BCUT2D eigenvalue weighted by Gasteiger charge is -2.29. The Balaban J connectivity index is 0.000000242. The van der Waals surface area contributed by atoms with E-state index in [0.717, 1.165) is 11.1 Å². The molecule has 180 valence electrons. The Bertz CT molecular complexity index is 995. The molecule has 1 amide bonds. The first-order valence-electron chi connectivity index (χ1n) is 11.3. The molecule has 3 aromatic carbocycles. The third kappa shape index (κ3) is 8.14. The Labute approximate surface area is 201 Å². The molecule has 0 saturated heterocycles. The number of carbonyl (C=O) groups excluding carboxylic acids is 2. The van der Waals surface area contributed by atoms with Crippen LogP contribution < -0.4 is 0 Å². The molecule has 0 aliphatic rings. The lowest BCUT2D eigenvalue weighted by molar-refractivity contribution is -0.155. The number of amides is 1. The average molecular weight is 464 g/mol. The molecule has 3 rings (SSSR count). The van der Waals surface area contributed by atoms with Crippen LogP contribution in [0.15, 0.2) is 91.0 Å². The number of rotatable bonds is 8. The number of likely N-dealkylation sites (N-methyl/N-ethyl adjacent to an activating group) is 1. The summed E-state index contributed by atoms with van der Waals surface area (Å²) in [5, 5.41) is 19.9. The van der Waals surface area contributed by atoms with Gasteiger partial charge in [0.2, 0.25) is 5.91 Å². The van der Waals surface area contributed by atoms with E-state index in [4.69, 9.17) is 4.74 Å². The molecule has 0 aromatic heterocycles. The number of ether oxygens (including phenoxy) is 1. The molecule has 0 bridgehead atoms. The van der Waals surface area contributed by atoms with Gasteiger partial charge in [-0.05, 0) is 23.6 Å². The maximum Gasteiger partial charge on any atom is 0.339 e. The van der Waals surface area contributed by atoms with Gasteiger partial charge in [0.25, 0.3) is 0 Å². The van der Waals surface area contributed by atoms with Crippen LogP contribution in [0, 0.1) is 0 Å². The normalized spacial score (nSPS) is 13.0. The third-order valence-electron chi connectivity index (χ3n) is 5.47. The predicted molar refractivity (Wildman–Crippen MR) is 132 cm³/mol. The minimum absolute atomic E-state index is 0.0440. The highest BCUT2D eigenvalue weighted by molar-refractivity contribution is 5.76. The highest BCUT2D eigenvalue weighted by Crippen LogP contribution is 2.20. The van der Waals surface area contributed by atoms with Crippen LogP contribution in [0.1, 0.15) is 49.2 Å². The Morgan fingerprint density at radius 2 is 1.29 bits per heavy atom. The van der Waals surface area contributed by atoms with Gasteiger partial charge in [-0.15, -0.1) is 0 Å². The molecule has 6 heteroatoms. The maximum atomic E-state index is 11.6. The number of hydrogen-bond acceptors (Lipinski definition) is 5. The molecule has 0 aliphatic carbocycles. The number of benzene rings is 3. The molecule has 0 radical (unpaired) electrons. The topological polar surface area (TPSA) is 87.1 Å². The monoisotopic (exact) mass is 463 g/mol. The van der Waals surface area contributed by atoms with E-state index in [9.17, 15) is 19.8 Å². The second-order valence-electron chi connectivity index (χ2n) is 7.86. The number of esters is 1. The van der Waals surface area contributed by atoms with E-state index in [-0.39, 0.29) is 18.6 Å². The summed E-state index contributed by atoms with van der Waals surface area (Å²) in [6, 6.07) is 27.3. The largest absolute Gasteiger partial charge is 0.459 e. The standard InChI is InChI=1S/C15H14O3.C13H19NO2/c16-14(13-9-5-2-6-10-13)15(17)18-11-12-7-3-1-4-8-12;1-4-12(15)14(3)10(2)13(16)11-8-6-5-7-9-11/h1-10,14,16H,11H2;5-10,13,16H,4H2,1-3H3. The van der Waals surface area contributed by atoms with Crippen molar-refractivity contribution in [2.24, 2.45) is 0 Å². The van der Waals surface area contributed by atoms with Crippen molar-refractivity contribution in [2.75, 3.05) is 7.05 Å². The zero-order valence-corrected chi connectivity index (χ0v) is 19.9. The van der Waals surface area contributed by atoms with E-state index < -0.39 is 18.2 Å². The van der Waals surface area contributed by atoms with Gasteiger partial charge in [0.1, 0.15) is 6.61 Å². The molecule has 0 spiro atoms. The summed E-state index contributed by atoms with van der Waals surface area (Å²) < 4.78 is 5.06. The van der Waals surface area contributed by atoms with Gasteiger partial charge in [-0.3, -0.25) is 4.79 Å². The molecule has 0 heterocycles. The molecule has 3 aromatic rings. The zero-order chi connectivity index (χ0) is 24.9. The molecule has 0 aliphatic heterocycles. The van der Waals surface area contributed by atoms with Crippen molar-refractivity contribution in [3.63, 3.8) is 0 Å². The molecular formula is C28H33NO5. The number of carbonyl (C=O) groups is 2. The minimum Gasteiger partial charge on any atom is -0.459 e. The van der Waals surface area contributed by atoms with Crippen molar-refractivity contribution in [1.29, 1.82) is 0 Å². The van der Waals surface area contributed by atoms with E-state index in [1.165, 1.54) is 0 Å². The van der Waals surface area contributed by atoms with Crippen LogP contribution in [-0.2, 0) is 20.9 Å². The van der Waals surface area contributed by atoms with Gasteiger partial charge in [-0.1, -0.05) is 97.9 Å². The first kappa shape index (κ1) is 26.8. The third-order valence-corrected chi connectivity index (χ3v) is 5.47. The SMILES string of the molecule is CCC(=O)N(C)C(C)C(O)c1ccccc1.O=C(OCc1ccccc1)C(O)c1ccccc1. The Morgan fingerprint density at radius 3 is 1.79 bits per heavy atom. The zero-order valence-electron chi connectivity index (χ0n) is 19.9. The number of hydrogen-bond donors (Lipinski definition) is 2. The summed E-state index contributed by atoms with van der Waals surface area (Å²) in [5.74, 6) is -0.590. The fraction of sp³-hybridized carbons (Fsp3) is 0.286. The molecule has 3 atom stereocenters. The number of aliphatic hydroxyl groups excluding tert-OH is 2. The molecule has 34 heavy (non-hydrogen) atoms. The summed E-state index contributed by atoms with van der Waals surface area (Å²) in [7, 11) is 1.72. The predicted octanol–water partition coefficient (Wildman–Crippen LogP) is 4.44. The van der Waals surface area contributed by atoms with Gasteiger partial charge in [-0.25, -0.2) is 4.79 Å². The van der Waals surface area contributed by atoms with Crippen LogP contribution in [0.2, 0.25) is 0 Å². The van der Waals surface area contributed by atoms with Gasteiger partial charge in [0.05, 0.1) is 12.1 Å². The van der Waals surface area contributed by atoms with E-state index in [1.54, 1.807) is 36.2 Å². The van der Waals surface area contributed by atoms with Crippen LogP contribution in [0.3, 0.4) is 0 Å². The van der Waals surface area contributed by atoms with Gasteiger partial charge >= 0.3 is 5.97 Å². The summed E-state index contributed by atoms with van der Waals surface area (Å²) in [5.41, 5.74) is 2.27. The maximum absolute atomic E-state index is 11.6. The van der Waals surface area contributed by atoms with Crippen molar-refractivity contribution >= 4 is 11.9 Å². The molecular weight excluding hydrogens is 430 g/mol.